The third-order valence-electron chi connectivity index (χ3n) is 2.39. The van der Waals surface area contributed by atoms with Crippen LogP contribution in [-0.4, -0.2) is 36.5 Å². The lowest BCUT2D eigenvalue weighted by Gasteiger charge is -2.21. The third kappa shape index (κ3) is 4.66. The molecule has 0 bridgehead atoms. The van der Waals surface area contributed by atoms with E-state index in [1.54, 1.807) is 19.1 Å². The highest BCUT2D eigenvalue weighted by Gasteiger charge is 2.31. The second-order valence-corrected chi connectivity index (χ2v) is 4.23. The Morgan fingerprint density at radius 2 is 1.94 bits per heavy atom. The largest absolute Gasteiger partial charge is 0.401 e. The quantitative estimate of drug-likeness (QED) is 0.770. The molecule has 0 aliphatic rings. The summed E-state index contributed by atoms with van der Waals surface area (Å²) in [6.07, 6.45) is -4.31. The van der Waals surface area contributed by atoms with Crippen molar-refractivity contribution in [2.75, 3.05) is 19.6 Å². The van der Waals surface area contributed by atoms with Crippen molar-refractivity contribution in [3.63, 3.8) is 0 Å². The molecule has 0 amide bonds. The second kappa shape index (κ2) is 6.20. The van der Waals surface area contributed by atoms with Crippen LogP contribution in [0.15, 0.2) is 24.3 Å². The van der Waals surface area contributed by atoms with Gasteiger partial charge < -0.3 is 0 Å². The predicted molar refractivity (Wildman–Crippen MR) is 64.0 cm³/mol. The summed E-state index contributed by atoms with van der Waals surface area (Å²) >= 11 is 5.82. The fourth-order valence-corrected chi connectivity index (χ4v) is 1.75. The second-order valence-electron chi connectivity index (χ2n) is 3.82. The summed E-state index contributed by atoms with van der Waals surface area (Å²) < 4.78 is 36.7. The number of carbonyl (C=O) groups is 1. The first-order chi connectivity index (χ1) is 8.33. The van der Waals surface area contributed by atoms with Crippen LogP contribution in [0.25, 0.3) is 0 Å². The number of ketones is 1. The first kappa shape index (κ1) is 15.0. The summed E-state index contributed by atoms with van der Waals surface area (Å²) in [5, 5.41) is 0.255. The molecule has 0 saturated carbocycles. The zero-order valence-corrected chi connectivity index (χ0v) is 10.6. The number of carbonyl (C=O) groups excluding carboxylic acids is 1. The Morgan fingerprint density at radius 1 is 1.33 bits per heavy atom. The topological polar surface area (TPSA) is 20.3 Å². The molecule has 0 aromatic heterocycles. The molecule has 1 aromatic carbocycles. The summed E-state index contributed by atoms with van der Waals surface area (Å²) in [6.45, 7) is 0.334. The number of rotatable bonds is 5. The Kier molecular flexibility index (Phi) is 5.16. The van der Waals surface area contributed by atoms with Gasteiger partial charge >= 0.3 is 6.18 Å². The zero-order chi connectivity index (χ0) is 13.8. The lowest BCUT2D eigenvalue weighted by atomic mass is 10.1. The summed E-state index contributed by atoms with van der Waals surface area (Å²) in [5.41, 5.74) is 0.250. The average Bonchev–Trinajstić information content (AvgIpc) is 2.26. The lowest BCUT2D eigenvalue weighted by Crippen LogP contribution is -2.37. The predicted octanol–water partition coefficient (Wildman–Crippen LogP) is 3.41. The Labute approximate surface area is 108 Å². The Bertz CT molecular complexity index is 420. The van der Waals surface area contributed by atoms with Crippen LogP contribution in [0.5, 0.6) is 0 Å². The monoisotopic (exact) mass is 279 g/mol. The van der Waals surface area contributed by atoms with Gasteiger partial charge in [-0.1, -0.05) is 30.7 Å². The van der Waals surface area contributed by atoms with Gasteiger partial charge in [-0.2, -0.15) is 13.2 Å². The summed E-state index contributed by atoms with van der Waals surface area (Å²) in [5.74, 6) is -0.410. The van der Waals surface area contributed by atoms with Crippen LogP contribution in [0.3, 0.4) is 0 Å². The smallest absolute Gasteiger partial charge is 0.293 e. The van der Waals surface area contributed by atoms with Crippen LogP contribution < -0.4 is 0 Å². The fourth-order valence-electron chi connectivity index (χ4n) is 1.51. The van der Waals surface area contributed by atoms with Gasteiger partial charge in [0.15, 0.2) is 5.78 Å². The number of hydrogen-bond acceptors (Lipinski definition) is 2. The highest BCUT2D eigenvalue weighted by molar-refractivity contribution is 6.34. The molecule has 0 fully saturated rings. The first-order valence-corrected chi connectivity index (χ1v) is 5.78. The molecule has 2 nitrogen and oxygen atoms in total. The maximum Gasteiger partial charge on any atom is 0.401 e. The van der Waals surface area contributed by atoms with Crippen molar-refractivity contribution in [1.29, 1.82) is 0 Å². The van der Waals surface area contributed by atoms with Crippen LogP contribution in [0.1, 0.15) is 17.3 Å². The maximum absolute atomic E-state index is 12.2. The van der Waals surface area contributed by atoms with Gasteiger partial charge in [-0.25, -0.2) is 0 Å². The van der Waals surface area contributed by atoms with E-state index >= 15 is 0 Å². The molecule has 0 aliphatic carbocycles. The molecule has 100 valence electrons. The highest BCUT2D eigenvalue weighted by atomic mass is 35.5. The molecule has 1 aromatic rings. The molecule has 18 heavy (non-hydrogen) atoms. The molecule has 0 radical (unpaired) electrons. The number of nitrogens with zero attached hydrogens (tertiary/aromatic N) is 1. The van der Waals surface area contributed by atoms with Gasteiger partial charge in [-0.05, 0) is 18.7 Å². The molecule has 0 unspecified atom stereocenters. The van der Waals surface area contributed by atoms with E-state index in [-0.39, 0.29) is 23.7 Å². The van der Waals surface area contributed by atoms with Crippen molar-refractivity contribution in [2.24, 2.45) is 0 Å². The van der Waals surface area contributed by atoms with Crippen LogP contribution in [0.2, 0.25) is 5.02 Å². The Hall–Kier alpha value is -1.07. The van der Waals surface area contributed by atoms with Gasteiger partial charge in [0, 0.05) is 5.56 Å². The van der Waals surface area contributed by atoms with E-state index in [2.05, 4.69) is 0 Å². The minimum atomic E-state index is -4.31. The van der Waals surface area contributed by atoms with E-state index in [0.717, 1.165) is 4.90 Å². The number of Topliss-reactive ketones (excluding diaryl/α,β-unsaturated/α-hetero) is 1. The van der Waals surface area contributed by atoms with E-state index < -0.39 is 18.5 Å². The minimum absolute atomic E-state index is 0.149. The van der Waals surface area contributed by atoms with E-state index in [1.807, 2.05) is 0 Å². The number of benzene rings is 1. The van der Waals surface area contributed by atoms with Gasteiger partial charge in [-0.3, -0.25) is 9.69 Å². The summed E-state index contributed by atoms with van der Waals surface area (Å²) in [7, 11) is 0. The van der Waals surface area contributed by atoms with E-state index in [4.69, 9.17) is 11.6 Å². The Morgan fingerprint density at radius 3 is 2.44 bits per heavy atom. The third-order valence-corrected chi connectivity index (χ3v) is 2.72. The van der Waals surface area contributed by atoms with Gasteiger partial charge in [0.1, 0.15) is 0 Å². The van der Waals surface area contributed by atoms with Crippen molar-refractivity contribution in [3.05, 3.63) is 34.9 Å². The lowest BCUT2D eigenvalue weighted by molar-refractivity contribution is -0.144. The minimum Gasteiger partial charge on any atom is -0.293 e. The van der Waals surface area contributed by atoms with E-state index in [0.29, 0.717) is 0 Å². The number of hydrogen-bond donors (Lipinski definition) is 0. The van der Waals surface area contributed by atoms with Gasteiger partial charge in [0.2, 0.25) is 0 Å². The highest BCUT2D eigenvalue weighted by Crippen LogP contribution is 2.19. The van der Waals surface area contributed by atoms with Crippen molar-refractivity contribution in [1.82, 2.24) is 4.90 Å². The maximum atomic E-state index is 12.2. The molecule has 0 aliphatic heterocycles. The average molecular weight is 280 g/mol. The molecule has 0 saturated heterocycles. The Balaban J connectivity index is 2.71. The molecule has 0 heterocycles. The first-order valence-electron chi connectivity index (χ1n) is 5.40. The van der Waals surface area contributed by atoms with Crippen LogP contribution in [0, 0.1) is 0 Å². The van der Waals surface area contributed by atoms with Crippen molar-refractivity contribution >= 4 is 17.4 Å². The molecule has 0 atom stereocenters. The molecule has 0 spiro atoms. The van der Waals surface area contributed by atoms with Gasteiger partial charge in [0.25, 0.3) is 0 Å². The molecular formula is C12H13ClF3NO. The number of likely N-dealkylation sites (N-methyl/N-ethyl adjacent to an activating group) is 1. The number of alkyl halides is 3. The fraction of sp³-hybridized carbons (Fsp3) is 0.417. The standard InChI is InChI=1S/C12H13ClF3NO/c1-2-17(8-12(14,15)16)7-11(18)9-5-3-4-6-10(9)13/h3-6H,2,7-8H2,1H3. The normalized spacial score (nSPS) is 11.9. The summed E-state index contributed by atoms with van der Waals surface area (Å²) in [6, 6.07) is 6.33. The van der Waals surface area contributed by atoms with Crippen molar-refractivity contribution in [3.8, 4) is 0 Å². The summed E-state index contributed by atoms with van der Waals surface area (Å²) in [4.78, 5) is 12.9. The molecular weight excluding hydrogens is 267 g/mol. The van der Waals surface area contributed by atoms with Crippen molar-refractivity contribution in [2.45, 2.75) is 13.1 Å². The zero-order valence-electron chi connectivity index (χ0n) is 9.80. The van der Waals surface area contributed by atoms with Crippen molar-refractivity contribution < 1.29 is 18.0 Å². The molecule has 0 N–H and O–H groups in total. The van der Waals surface area contributed by atoms with Gasteiger partial charge in [-0.15, -0.1) is 0 Å². The molecule has 6 heteroatoms. The van der Waals surface area contributed by atoms with Gasteiger partial charge in [0.05, 0.1) is 18.1 Å². The SMILES string of the molecule is CCN(CC(=O)c1ccccc1Cl)CC(F)(F)F. The number of halogens is 4. The molecule has 1 rings (SSSR count). The van der Waals surface area contributed by atoms with E-state index in [1.165, 1.54) is 12.1 Å². The van der Waals surface area contributed by atoms with E-state index in [9.17, 15) is 18.0 Å². The van der Waals surface area contributed by atoms with Crippen LogP contribution in [0.4, 0.5) is 13.2 Å². The van der Waals surface area contributed by atoms with Crippen LogP contribution >= 0.6 is 11.6 Å². The van der Waals surface area contributed by atoms with Crippen LogP contribution in [-0.2, 0) is 0 Å².